The Labute approximate surface area is 157 Å². The molecule has 2 aromatic rings. The lowest BCUT2D eigenvalue weighted by molar-refractivity contribution is -0.384. The van der Waals surface area contributed by atoms with E-state index < -0.39 is 4.92 Å². The summed E-state index contributed by atoms with van der Waals surface area (Å²) in [5, 5.41) is 15.3. The normalized spacial score (nSPS) is 15.7. The molecule has 0 spiro atoms. The molecule has 0 bridgehead atoms. The highest BCUT2D eigenvalue weighted by atomic mass is 16.6. The van der Waals surface area contributed by atoms with E-state index in [1.54, 1.807) is 23.1 Å². The number of nitro groups is 1. The summed E-state index contributed by atoms with van der Waals surface area (Å²) in [5.74, 6) is 0.635. The molecule has 0 saturated carbocycles. The minimum absolute atomic E-state index is 0.0171. The van der Waals surface area contributed by atoms with Crippen molar-refractivity contribution < 1.29 is 9.72 Å². The van der Waals surface area contributed by atoms with Crippen LogP contribution >= 0.6 is 0 Å². The summed E-state index contributed by atoms with van der Waals surface area (Å²) in [6.45, 7) is 9.32. The number of non-ortho nitro benzene ring substituents is 1. The number of piperazine rings is 1. The van der Waals surface area contributed by atoms with E-state index in [4.69, 9.17) is 0 Å². The van der Waals surface area contributed by atoms with Crippen molar-refractivity contribution >= 4 is 11.6 Å². The molecule has 0 aliphatic carbocycles. The lowest BCUT2D eigenvalue weighted by Gasteiger charge is -2.37. The summed E-state index contributed by atoms with van der Waals surface area (Å²) >= 11 is 0. The Balaban J connectivity index is 1.60. The zero-order valence-corrected chi connectivity index (χ0v) is 15.8. The molecule has 9 heteroatoms. The van der Waals surface area contributed by atoms with Gasteiger partial charge in [-0.15, -0.1) is 5.10 Å². The molecule has 1 aromatic carbocycles. The Morgan fingerprint density at radius 3 is 2.56 bits per heavy atom. The highest BCUT2D eigenvalue weighted by Gasteiger charge is 2.29. The Morgan fingerprint density at radius 2 is 1.93 bits per heavy atom. The van der Waals surface area contributed by atoms with Crippen LogP contribution in [0.4, 0.5) is 5.69 Å². The van der Waals surface area contributed by atoms with Gasteiger partial charge in [-0.3, -0.25) is 19.8 Å². The van der Waals surface area contributed by atoms with Crippen LogP contribution < -0.4 is 0 Å². The van der Waals surface area contributed by atoms with Crippen molar-refractivity contribution in [3.8, 4) is 11.4 Å². The molecular weight excluding hydrogens is 348 g/mol. The summed E-state index contributed by atoms with van der Waals surface area (Å²) < 4.78 is 1.72. The second-order valence-corrected chi connectivity index (χ2v) is 7.72. The number of amides is 1. The van der Waals surface area contributed by atoms with Crippen molar-refractivity contribution in [2.24, 2.45) is 5.41 Å². The molecule has 1 saturated heterocycles. The summed E-state index contributed by atoms with van der Waals surface area (Å²) in [6.07, 6.45) is 1.63. The SMILES string of the molecule is CC(C)(C)C(=O)N1CCN(Cn2cnc(-c3cccc([N+](=O)[O-])c3)n2)CC1. The number of benzene rings is 1. The highest BCUT2D eigenvalue weighted by Crippen LogP contribution is 2.21. The van der Waals surface area contributed by atoms with Crippen LogP contribution in [0.25, 0.3) is 11.4 Å². The van der Waals surface area contributed by atoms with E-state index in [0.29, 0.717) is 31.1 Å². The first-order valence-corrected chi connectivity index (χ1v) is 8.90. The zero-order valence-electron chi connectivity index (χ0n) is 15.8. The molecule has 9 nitrogen and oxygen atoms in total. The van der Waals surface area contributed by atoms with E-state index in [1.165, 1.54) is 12.1 Å². The third-order valence-corrected chi connectivity index (χ3v) is 4.50. The first-order valence-electron chi connectivity index (χ1n) is 8.90. The van der Waals surface area contributed by atoms with Gasteiger partial charge in [0.2, 0.25) is 5.91 Å². The van der Waals surface area contributed by atoms with E-state index in [1.807, 2.05) is 25.7 Å². The lowest BCUT2D eigenvalue weighted by atomic mass is 9.94. The molecule has 1 aromatic heterocycles. The third-order valence-electron chi connectivity index (χ3n) is 4.50. The molecule has 1 aliphatic rings. The number of nitro benzene ring substituents is 1. The second-order valence-electron chi connectivity index (χ2n) is 7.72. The molecular formula is C18H24N6O3. The maximum Gasteiger partial charge on any atom is 0.270 e. The number of hydrogen-bond donors (Lipinski definition) is 0. The third kappa shape index (κ3) is 4.48. The fraction of sp³-hybridized carbons (Fsp3) is 0.500. The van der Waals surface area contributed by atoms with Gasteiger partial charge >= 0.3 is 0 Å². The van der Waals surface area contributed by atoms with Crippen LogP contribution in [0.1, 0.15) is 20.8 Å². The van der Waals surface area contributed by atoms with Gasteiger partial charge in [0.1, 0.15) is 6.33 Å². The quantitative estimate of drug-likeness (QED) is 0.601. The van der Waals surface area contributed by atoms with Gasteiger partial charge in [0.05, 0.1) is 11.6 Å². The molecule has 0 atom stereocenters. The molecule has 2 heterocycles. The van der Waals surface area contributed by atoms with Gasteiger partial charge in [0.25, 0.3) is 5.69 Å². The second kappa shape index (κ2) is 7.43. The van der Waals surface area contributed by atoms with Gasteiger partial charge in [0, 0.05) is 49.3 Å². The minimum Gasteiger partial charge on any atom is -0.340 e. The Hall–Kier alpha value is -2.81. The number of carbonyl (C=O) groups excluding carboxylic acids is 1. The summed E-state index contributed by atoms with van der Waals surface area (Å²) in [7, 11) is 0. The van der Waals surface area contributed by atoms with E-state index >= 15 is 0 Å². The topological polar surface area (TPSA) is 97.4 Å². The predicted octanol–water partition coefficient (Wildman–Crippen LogP) is 2.00. The van der Waals surface area contributed by atoms with Gasteiger partial charge in [-0.05, 0) is 0 Å². The van der Waals surface area contributed by atoms with Crippen molar-refractivity contribution in [1.29, 1.82) is 0 Å². The van der Waals surface area contributed by atoms with Crippen molar-refractivity contribution in [2.45, 2.75) is 27.4 Å². The van der Waals surface area contributed by atoms with E-state index in [2.05, 4.69) is 15.0 Å². The van der Waals surface area contributed by atoms with E-state index in [-0.39, 0.29) is 17.0 Å². The fourth-order valence-corrected chi connectivity index (χ4v) is 3.03. The molecule has 0 radical (unpaired) electrons. The van der Waals surface area contributed by atoms with Crippen molar-refractivity contribution in [2.75, 3.05) is 26.2 Å². The van der Waals surface area contributed by atoms with Crippen LogP contribution in [-0.4, -0.2) is 61.6 Å². The van der Waals surface area contributed by atoms with Gasteiger partial charge in [-0.25, -0.2) is 9.67 Å². The molecule has 1 amide bonds. The van der Waals surface area contributed by atoms with Crippen LogP contribution in [0.3, 0.4) is 0 Å². The number of rotatable bonds is 4. The first-order chi connectivity index (χ1) is 12.7. The molecule has 27 heavy (non-hydrogen) atoms. The lowest BCUT2D eigenvalue weighted by Crippen LogP contribution is -2.51. The number of aromatic nitrogens is 3. The van der Waals surface area contributed by atoms with Gasteiger partial charge in [0.15, 0.2) is 5.82 Å². The van der Waals surface area contributed by atoms with Crippen molar-refractivity contribution in [3.63, 3.8) is 0 Å². The average Bonchev–Trinajstić information content (AvgIpc) is 3.09. The van der Waals surface area contributed by atoms with Crippen LogP contribution in [0, 0.1) is 15.5 Å². The fourth-order valence-electron chi connectivity index (χ4n) is 3.03. The molecule has 1 aliphatic heterocycles. The van der Waals surface area contributed by atoms with Crippen molar-refractivity contribution in [1.82, 2.24) is 24.6 Å². The molecule has 3 rings (SSSR count). The number of nitrogens with zero attached hydrogens (tertiary/aromatic N) is 6. The maximum atomic E-state index is 12.4. The van der Waals surface area contributed by atoms with Crippen LogP contribution in [0.5, 0.6) is 0 Å². The van der Waals surface area contributed by atoms with E-state index in [9.17, 15) is 14.9 Å². The molecule has 1 fully saturated rings. The molecule has 0 N–H and O–H groups in total. The molecule has 0 unspecified atom stereocenters. The van der Waals surface area contributed by atoms with Crippen LogP contribution in [-0.2, 0) is 11.5 Å². The maximum absolute atomic E-state index is 12.4. The van der Waals surface area contributed by atoms with E-state index in [0.717, 1.165) is 13.1 Å². The van der Waals surface area contributed by atoms with Crippen molar-refractivity contribution in [3.05, 3.63) is 40.7 Å². The van der Waals surface area contributed by atoms with Crippen LogP contribution in [0.15, 0.2) is 30.6 Å². The highest BCUT2D eigenvalue weighted by molar-refractivity contribution is 5.81. The summed E-state index contributed by atoms with van der Waals surface area (Å²) in [6, 6.07) is 6.29. The predicted molar refractivity (Wildman–Crippen MR) is 99.7 cm³/mol. The minimum atomic E-state index is -0.432. The summed E-state index contributed by atoms with van der Waals surface area (Å²) in [5.41, 5.74) is 0.272. The number of hydrogen-bond acceptors (Lipinski definition) is 6. The Bertz CT molecular complexity index is 834. The van der Waals surface area contributed by atoms with Gasteiger partial charge in [-0.2, -0.15) is 0 Å². The standard InChI is InChI=1S/C18H24N6O3/c1-18(2,3)17(25)22-9-7-21(8-10-22)13-23-12-19-16(20-23)14-5-4-6-15(11-14)24(26)27/h4-6,11-12H,7-10,13H2,1-3H3. The molecule has 144 valence electrons. The first kappa shape index (κ1) is 19.0. The smallest absolute Gasteiger partial charge is 0.270 e. The zero-order chi connectivity index (χ0) is 19.6. The average molecular weight is 372 g/mol. The van der Waals surface area contributed by atoms with Gasteiger partial charge < -0.3 is 4.90 Å². The number of carbonyl (C=O) groups is 1. The summed E-state index contributed by atoms with van der Waals surface area (Å²) in [4.78, 5) is 31.2. The van der Waals surface area contributed by atoms with Gasteiger partial charge in [-0.1, -0.05) is 32.9 Å². The Kier molecular flexibility index (Phi) is 5.22. The largest absolute Gasteiger partial charge is 0.340 e. The monoisotopic (exact) mass is 372 g/mol. The Morgan fingerprint density at radius 1 is 1.22 bits per heavy atom. The van der Waals surface area contributed by atoms with Crippen LogP contribution in [0.2, 0.25) is 0 Å².